The summed E-state index contributed by atoms with van der Waals surface area (Å²) in [6, 6.07) is 20.3. The molecule has 1 heterocycles. The van der Waals surface area contributed by atoms with Gasteiger partial charge in [-0.15, -0.1) is 11.3 Å². The van der Waals surface area contributed by atoms with Crippen LogP contribution >= 0.6 is 11.3 Å². The van der Waals surface area contributed by atoms with Crippen LogP contribution in [0, 0.1) is 6.92 Å². The van der Waals surface area contributed by atoms with Crippen molar-refractivity contribution >= 4 is 31.5 Å². The van der Waals surface area contributed by atoms with E-state index in [1.165, 1.54) is 48.0 Å². The predicted molar refractivity (Wildman–Crippen MR) is 113 cm³/mol. The normalized spacial score (nSPS) is 14.1. The number of fused-ring (bicyclic) bond motifs is 7. The number of rotatable bonds is 0. The van der Waals surface area contributed by atoms with Crippen LogP contribution in [0.3, 0.4) is 0 Å². The van der Waals surface area contributed by atoms with E-state index in [9.17, 15) is 0 Å². The third kappa shape index (κ3) is 2.12. The summed E-state index contributed by atoms with van der Waals surface area (Å²) in [6.45, 7) is 10.9. The van der Waals surface area contributed by atoms with Gasteiger partial charge in [0.25, 0.3) is 0 Å². The fourth-order valence-electron chi connectivity index (χ4n) is 4.18. The maximum absolute atomic E-state index is 2.35. The molecule has 0 N–H and O–H groups in total. The lowest BCUT2D eigenvalue weighted by atomic mass is 9.82. The molecule has 3 aromatic carbocycles. The van der Waals surface area contributed by atoms with E-state index in [0.29, 0.717) is 0 Å². The largest absolute Gasteiger partial charge is 0.134 e. The second-order valence-corrected chi connectivity index (χ2v) is 8.11. The lowest BCUT2D eigenvalue weighted by molar-refractivity contribution is 0.661. The highest BCUT2D eigenvalue weighted by molar-refractivity contribution is 7.26. The Labute approximate surface area is 154 Å². The van der Waals surface area contributed by atoms with Crippen molar-refractivity contribution < 1.29 is 0 Å². The lowest BCUT2D eigenvalue weighted by Crippen LogP contribution is -2.14. The smallest absolute Gasteiger partial charge is 0.0437 e. The Hall–Kier alpha value is -2.12. The molecule has 0 bridgehead atoms. The van der Waals surface area contributed by atoms with E-state index in [1.807, 2.05) is 25.2 Å². The molecule has 1 aliphatic carbocycles. The van der Waals surface area contributed by atoms with E-state index in [0.717, 1.165) is 0 Å². The predicted octanol–water partition coefficient (Wildman–Crippen LogP) is 7.70. The van der Waals surface area contributed by atoms with Crippen molar-refractivity contribution in [3.05, 3.63) is 71.3 Å². The zero-order valence-corrected chi connectivity index (χ0v) is 16.4. The van der Waals surface area contributed by atoms with Gasteiger partial charge in [0.1, 0.15) is 0 Å². The fourth-order valence-corrected chi connectivity index (χ4v) is 5.51. The first-order valence-corrected chi connectivity index (χ1v) is 9.96. The van der Waals surface area contributed by atoms with Crippen LogP contribution in [0.5, 0.6) is 0 Å². The van der Waals surface area contributed by atoms with Gasteiger partial charge in [-0.05, 0) is 29.2 Å². The molecule has 1 aromatic heterocycles. The Bertz CT molecular complexity index is 1100. The lowest BCUT2D eigenvalue weighted by Gasteiger charge is -2.21. The molecule has 0 spiro atoms. The Morgan fingerprint density at radius 3 is 2.24 bits per heavy atom. The highest BCUT2D eigenvalue weighted by atomic mass is 32.1. The first kappa shape index (κ1) is 16.4. The maximum Gasteiger partial charge on any atom is 0.0437 e. The molecule has 1 heteroatoms. The molecule has 1 aliphatic rings. The van der Waals surface area contributed by atoms with Crippen LogP contribution in [0.2, 0.25) is 0 Å². The highest BCUT2D eigenvalue weighted by Gasteiger charge is 2.36. The van der Waals surface area contributed by atoms with E-state index >= 15 is 0 Å². The van der Waals surface area contributed by atoms with Crippen molar-refractivity contribution in [3.8, 4) is 11.1 Å². The molecule has 0 fully saturated rings. The number of thiophene rings is 1. The molecule has 126 valence electrons. The molecular weight excluding hydrogens is 320 g/mol. The molecule has 0 unspecified atom stereocenters. The van der Waals surface area contributed by atoms with E-state index < -0.39 is 0 Å². The first-order valence-electron chi connectivity index (χ1n) is 9.14. The molecule has 5 rings (SSSR count). The van der Waals surface area contributed by atoms with E-state index in [4.69, 9.17) is 0 Å². The minimum atomic E-state index is 0.0886. The van der Waals surface area contributed by atoms with Crippen LogP contribution in [0.1, 0.15) is 44.4 Å². The average Bonchev–Trinajstić information content (AvgIpc) is 3.12. The van der Waals surface area contributed by atoms with Gasteiger partial charge < -0.3 is 0 Å². The summed E-state index contributed by atoms with van der Waals surface area (Å²) in [5, 5.41) is 2.80. The average molecular weight is 345 g/mol. The molecular formula is C24H24S. The minimum Gasteiger partial charge on any atom is -0.134 e. The van der Waals surface area contributed by atoms with Gasteiger partial charge in [-0.25, -0.2) is 0 Å². The SMILES string of the molecule is CC.Cc1cccc2c1sc1c3c(ccc12)C(C)(C)c1ccccc1-3. The van der Waals surface area contributed by atoms with Gasteiger partial charge in [-0.3, -0.25) is 0 Å². The van der Waals surface area contributed by atoms with Gasteiger partial charge in [0.05, 0.1) is 0 Å². The van der Waals surface area contributed by atoms with E-state index in [2.05, 4.69) is 75.4 Å². The van der Waals surface area contributed by atoms with Crippen molar-refractivity contribution in [1.82, 2.24) is 0 Å². The van der Waals surface area contributed by atoms with Gasteiger partial charge in [0, 0.05) is 31.2 Å². The van der Waals surface area contributed by atoms with Gasteiger partial charge in [-0.1, -0.05) is 82.3 Å². The fraction of sp³-hybridized carbons (Fsp3) is 0.250. The molecule has 0 amide bonds. The molecule has 0 nitrogen and oxygen atoms in total. The Morgan fingerprint density at radius 1 is 0.720 bits per heavy atom. The third-order valence-corrected chi connectivity index (χ3v) is 6.78. The Kier molecular flexibility index (Phi) is 3.73. The maximum atomic E-state index is 2.35. The summed E-state index contributed by atoms with van der Waals surface area (Å²) >= 11 is 1.96. The van der Waals surface area contributed by atoms with Crippen molar-refractivity contribution in [2.45, 2.75) is 40.0 Å². The third-order valence-electron chi connectivity index (χ3n) is 5.41. The second-order valence-electron chi connectivity index (χ2n) is 7.09. The summed E-state index contributed by atoms with van der Waals surface area (Å²) in [6.07, 6.45) is 0. The highest BCUT2D eigenvalue weighted by Crippen LogP contribution is 2.53. The molecule has 0 atom stereocenters. The van der Waals surface area contributed by atoms with Gasteiger partial charge in [-0.2, -0.15) is 0 Å². The zero-order chi connectivity index (χ0) is 17.8. The van der Waals surface area contributed by atoms with E-state index in [1.54, 1.807) is 0 Å². The number of hydrogen-bond donors (Lipinski definition) is 0. The number of aryl methyl sites for hydroxylation is 1. The van der Waals surface area contributed by atoms with Crippen LogP contribution in [0.15, 0.2) is 54.6 Å². The summed E-state index contributed by atoms with van der Waals surface area (Å²) < 4.78 is 2.88. The van der Waals surface area contributed by atoms with Gasteiger partial charge in [0.2, 0.25) is 0 Å². The van der Waals surface area contributed by atoms with Crippen LogP contribution in [0.4, 0.5) is 0 Å². The van der Waals surface area contributed by atoms with Crippen molar-refractivity contribution in [2.24, 2.45) is 0 Å². The Morgan fingerprint density at radius 2 is 1.44 bits per heavy atom. The standard InChI is InChI=1S/C22H18S.C2H6/c1-13-7-6-9-14-15-11-12-18-19(21(15)23-20(13)14)16-8-4-5-10-17(16)22(18,2)3;1-2/h4-12H,1-3H3;1-2H3. The Balaban J connectivity index is 0.000000758. The summed E-state index contributed by atoms with van der Waals surface area (Å²) in [4.78, 5) is 0. The number of benzene rings is 3. The molecule has 25 heavy (non-hydrogen) atoms. The summed E-state index contributed by atoms with van der Waals surface area (Å²) in [7, 11) is 0. The van der Waals surface area contributed by atoms with Crippen LogP contribution in [0.25, 0.3) is 31.3 Å². The monoisotopic (exact) mass is 344 g/mol. The van der Waals surface area contributed by atoms with Crippen LogP contribution < -0.4 is 0 Å². The molecule has 4 aromatic rings. The minimum absolute atomic E-state index is 0.0886. The topological polar surface area (TPSA) is 0 Å². The summed E-state index contributed by atoms with van der Waals surface area (Å²) in [5.74, 6) is 0. The van der Waals surface area contributed by atoms with Crippen LogP contribution in [-0.2, 0) is 5.41 Å². The van der Waals surface area contributed by atoms with Gasteiger partial charge >= 0.3 is 0 Å². The van der Waals surface area contributed by atoms with Crippen molar-refractivity contribution in [1.29, 1.82) is 0 Å². The first-order chi connectivity index (χ1) is 12.1. The van der Waals surface area contributed by atoms with Gasteiger partial charge in [0.15, 0.2) is 0 Å². The molecule has 0 saturated carbocycles. The molecule has 0 radical (unpaired) electrons. The zero-order valence-electron chi connectivity index (χ0n) is 15.6. The summed E-state index contributed by atoms with van der Waals surface area (Å²) in [5.41, 5.74) is 7.27. The van der Waals surface area contributed by atoms with Crippen molar-refractivity contribution in [3.63, 3.8) is 0 Å². The molecule has 0 saturated heterocycles. The second kappa shape index (κ2) is 5.71. The number of hydrogen-bond acceptors (Lipinski definition) is 1. The van der Waals surface area contributed by atoms with Crippen LogP contribution in [-0.4, -0.2) is 0 Å². The molecule has 0 aliphatic heterocycles. The quantitative estimate of drug-likeness (QED) is 0.306. The van der Waals surface area contributed by atoms with Crippen molar-refractivity contribution in [2.75, 3.05) is 0 Å². The van der Waals surface area contributed by atoms with E-state index in [-0.39, 0.29) is 5.41 Å².